The summed E-state index contributed by atoms with van der Waals surface area (Å²) >= 11 is 0. The van der Waals surface area contributed by atoms with Crippen LogP contribution in [0.1, 0.15) is 18.4 Å². The van der Waals surface area contributed by atoms with Crippen LogP contribution in [0.15, 0.2) is 52.7 Å². The van der Waals surface area contributed by atoms with Gasteiger partial charge in [-0.15, -0.1) is 0 Å². The van der Waals surface area contributed by atoms with Gasteiger partial charge in [-0.2, -0.15) is 4.76 Å². The zero-order valence-corrected chi connectivity index (χ0v) is 13.5. The van der Waals surface area contributed by atoms with Gasteiger partial charge in [-0.3, -0.25) is 4.79 Å². The van der Waals surface area contributed by atoms with Crippen molar-refractivity contribution in [1.29, 1.82) is 0 Å². The van der Waals surface area contributed by atoms with Crippen molar-refractivity contribution in [3.63, 3.8) is 0 Å². The van der Waals surface area contributed by atoms with Crippen molar-refractivity contribution in [1.82, 2.24) is 0 Å². The van der Waals surface area contributed by atoms with Gasteiger partial charge in [0.2, 0.25) is 0 Å². The first-order chi connectivity index (χ1) is 11.1. The van der Waals surface area contributed by atoms with E-state index < -0.39 is 42.6 Å². The number of benzene rings is 1. The van der Waals surface area contributed by atoms with Crippen LogP contribution in [0.2, 0.25) is 0 Å². The van der Waals surface area contributed by atoms with Crippen molar-refractivity contribution < 1.29 is 34.5 Å². The summed E-state index contributed by atoms with van der Waals surface area (Å²) in [5, 5.41) is 29.0. The monoisotopic (exact) mass is 353 g/mol. The number of hydrogen-bond acceptors (Lipinski definition) is 5. The van der Waals surface area contributed by atoms with Crippen LogP contribution < -0.4 is 0 Å². The van der Waals surface area contributed by atoms with Crippen molar-refractivity contribution >= 4 is 19.2 Å². The molecule has 1 aliphatic carbocycles. The van der Waals surface area contributed by atoms with Crippen molar-refractivity contribution in [3.8, 4) is 5.75 Å². The van der Waals surface area contributed by atoms with Crippen LogP contribution in [0.3, 0.4) is 0 Å². The van der Waals surface area contributed by atoms with Gasteiger partial charge in [-0.25, -0.2) is 4.57 Å². The molecule has 2 unspecified atom stereocenters. The van der Waals surface area contributed by atoms with Crippen LogP contribution in [0, 0.1) is 5.92 Å². The Balaban J connectivity index is 2.43. The summed E-state index contributed by atoms with van der Waals surface area (Å²) in [6.07, 6.45) is 1.83. The lowest BCUT2D eigenvalue weighted by Gasteiger charge is -2.22. The Morgan fingerprint density at radius 3 is 2.46 bits per heavy atom. The van der Waals surface area contributed by atoms with Crippen molar-refractivity contribution in [2.45, 2.75) is 12.8 Å². The van der Waals surface area contributed by atoms with Gasteiger partial charge in [0.25, 0.3) is 0 Å². The third-order valence-corrected chi connectivity index (χ3v) is 4.00. The van der Waals surface area contributed by atoms with E-state index in [0.717, 1.165) is 12.2 Å². The molecule has 2 rings (SSSR count). The van der Waals surface area contributed by atoms with Gasteiger partial charge in [-0.05, 0) is 17.7 Å². The Labute approximate surface area is 137 Å². The fourth-order valence-electron chi connectivity index (χ4n) is 2.40. The predicted octanol–water partition coefficient (Wildman–Crippen LogP) is 2.11. The number of carbonyl (C=O) groups is 1. The van der Waals surface area contributed by atoms with E-state index in [2.05, 4.69) is 4.76 Å². The lowest BCUT2D eigenvalue weighted by molar-refractivity contribution is -0.121. The number of allylic oxidation sites excluding steroid dienone is 3. The second kappa shape index (κ2) is 6.60. The molecule has 1 aromatic carbocycles. The average molecular weight is 353 g/mol. The molecule has 0 saturated carbocycles. The molecule has 24 heavy (non-hydrogen) atoms. The van der Waals surface area contributed by atoms with Gasteiger partial charge in [-0.1, -0.05) is 19.1 Å². The van der Waals surface area contributed by atoms with Crippen molar-refractivity contribution in [3.05, 3.63) is 53.5 Å². The molecule has 8 nitrogen and oxygen atoms in total. The number of ketones is 1. The number of phenolic OH excluding ortho intramolecular Hbond substituents is 1. The summed E-state index contributed by atoms with van der Waals surface area (Å²) in [6.45, 7) is 1.53. The van der Waals surface area contributed by atoms with Crippen LogP contribution in [0.5, 0.6) is 5.75 Å². The Hall–Kier alpha value is -2.41. The largest absolute Gasteiger partial charge is 0.511 e. The average Bonchev–Trinajstić information content (AvgIpc) is 2.43. The molecule has 2 atom stereocenters. The summed E-state index contributed by atoms with van der Waals surface area (Å²) in [6, 6.07) is 5.94. The van der Waals surface area contributed by atoms with Crippen LogP contribution in [-0.2, 0) is 9.36 Å². The first kappa shape index (κ1) is 17.9. The number of aromatic hydroxyl groups is 1. The summed E-state index contributed by atoms with van der Waals surface area (Å²) in [5.41, 5.74) is 0.0277. The van der Waals surface area contributed by atoms with Crippen molar-refractivity contribution in [2.24, 2.45) is 10.7 Å². The number of rotatable bonds is 4. The van der Waals surface area contributed by atoms with E-state index in [1.54, 1.807) is 12.1 Å². The maximum Gasteiger partial charge on any atom is 0.448 e. The SMILES string of the molecule is CC(C(=O)C1C(O)=CC(O)=CC1=NP(=O)(O)O)c1cccc(O)c1. The zero-order chi connectivity index (χ0) is 18.1. The highest BCUT2D eigenvalue weighted by Gasteiger charge is 2.35. The molecular weight excluding hydrogens is 337 g/mol. The fourth-order valence-corrected chi connectivity index (χ4v) is 2.87. The highest BCUT2D eigenvalue weighted by molar-refractivity contribution is 7.50. The molecule has 1 aliphatic rings. The smallest absolute Gasteiger partial charge is 0.448 e. The summed E-state index contributed by atoms with van der Waals surface area (Å²) in [5.74, 6) is -3.91. The minimum Gasteiger partial charge on any atom is -0.511 e. The van der Waals surface area contributed by atoms with E-state index in [1.165, 1.54) is 19.1 Å². The molecule has 0 spiro atoms. The number of Topliss-reactive ketones (excluding diaryl/α,β-unsaturated/α-hetero) is 1. The standard InChI is InChI=1S/C15H16NO7P/c1-8(9-3-2-4-10(17)5-9)15(20)14-12(16-24(21,22)23)6-11(18)7-13(14)19/h2-8,14,17-19H,1H3,(H2,21,22,23). The number of phenols is 1. The Morgan fingerprint density at radius 2 is 1.88 bits per heavy atom. The first-order valence-electron chi connectivity index (χ1n) is 6.88. The Bertz CT molecular complexity index is 806. The Morgan fingerprint density at radius 1 is 1.21 bits per heavy atom. The third-order valence-electron chi connectivity index (χ3n) is 3.51. The fraction of sp³-hybridized carbons (Fsp3) is 0.200. The lowest BCUT2D eigenvalue weighted by Crippen LogP contribution is -2.31. The number of hydrogen-bond donors (Lipinski definition) is 5. The number of carbonyl (C=O) groups excluding carboxylic acids is 1. The molecule has 128 valence electrons. The van der Waals surface area contributed by atoms with E-state index in [1.807, 2.05) is 0 Å². The molecule has 0 fully saturated rings. The first-order valence-corrected chi connectivity index (χ1v) is 8.44. The van der Waals surface area contributed by atoms with Gasteiger partial charge in [0.15, 0.2) is 5.78 Å². The molecule has 1 aromatic rings. The zero-order valence-electron chi connectivity index (χ0n) is 12.6. The molecule has 0 bridgehead atoms. The second-order valence-corrected chi connectivity index (χ2v) is 6.56. The van der Waals surface area contributed by atoms with Gasteiger partial charge >= 0.3 is 7.75 Å². The van der Waals surface area contributed by atoms with Crippen molar-refractivity contribution in [2.75, 3.05) is 0 Å². The Kier molecular flexibility index (Phi) is 4.94. The molecule has 0 saturated heterocycles. The summed E-state index contributed by atoms with van der Waals surface area (Å²) < 4.78 is 14.3. The maximum absolute atomic E-state index is 12.7. The highest BCUT2D eigenvalue weighted by Crippen LogP contribution is 2.39. The van der Waals surface area contributed by atoms with E-state index in [-0.39, 0.29) is 5.75 Å². The van der Waals surface area contributed by atoms with E-state index >= 15 is 0 Å². The topological polar surface area (TPSA) is 148 Å². The molecule has 0 radical (unpaired) electrons. The predicted molar refractivity (Wildman–Crippen MR) is 85.9 cm³/mol. The maximum atomic E-state index is 12.7. The molecule has 0 heterocycles. The summed E-state index contributed by atoms with van der Waals surface area (Å²) in [7, 11) is -4.87. The molecular formula is C15H16NO7P. The van der Waals surface area contributed by atoms with Crippen LogP contribution in [-0.4, -0.2) is 36.6 Å². The molecule has 0 amide bonds. The minimum atomic E-state index is -4.87. The highest BCUT2D eigenvalue weighted by atomic mass is 31.2. The van der Waals surface area contributed by atoms with Crippen LogP contribution >= 0.6 is 7.75 Å². The van der Waals surface area contributed by atoms with Gasteiger partial charge in [0.1, 0.15) is 23.2 Å². The van der Waals surface area contributed by atoms with Crippen LogP contribution in [0.4, 0.5) is 0 Å². The number of nitrogens with zero attached hydrogens (tertiary/aromatic N) is 1. The molecule has 0 aliphatic heterocycles. The number of aliphatic hydroxyl groups is 2. The molecule has 9 heteroatoms. The lowest BCUT2D eigenvalue weighted by atomic mass is 9.83. The quantitative estimate of drug-likeness (QED) is 0.521. The molecule has 0 aromatic heterocycles. The van der Waals surface area contributed by atoms with E-state index in [4.69, 9.17) is 9.79 Å². The van der Waals surface area contributed by atoms with Gasteiger partial charge < -0.3 is 25.1 Å². The minimum absolute atomic E-state index is 0.0443. The second-order valence-electron chi connectivity index (χ2n) is 5.33. The van der Waals surface area contributed by atoms with E-state index in [0.29, 0.717) is 5.56 Å². The van der Waals surface area contributed by atoms with Gasteiger partial charge in [0.05, 0.1) is 5.71 Å². The number of aliphatic hydroxyl groups excluding tert-OH is 2. The van der Waals surface area contributed by atoms with E-state index in [9.17, 15) is 24.7 Å². The van der Waals surface area contributed by atoms with Gasteiger partial charge in [0, 0.05) is 18.1 Å². The summed E-state index contributed by atoms with van der Waals surface area (Å²) in [4.78, 5) is 30.7. The van der Waals surface area contributed by atoms with Crippen LogP contribution in [0.25, 0.3) is 0 Å². The normalized spacial score (nSPS) is 21.1. The third kappa shape index (κ3) is 4.11. The molecule has 5 N–H and O–H groups in total.